The summed E-state index contributed by atoms with van der Waals surface area (Å²) in [5.41, 5.74) is 28.7. The summed E-state index contributed by atoms with van der Waals surface area (Å²) in [5, 5.41) is 28.6. The fourth-order valence-corrected chi connectivity index (χ4v) is 15.7. The molecule has 17 heteroatoms. The minimum atomic E-state index is 0. The molecule has 3 aliphatic heterocycles. The van der Waals surface area contributed by atoms with E-state index in [4.69, 9.17) is 47.3 Å². The Morgan fingerprint density at radius 1 is 0.376 bits per heavy atom. The fraction of sp³-hybridized carbons (Fsp3) is 0.0161. The molecule has 0 saturated carbocycles. The number of aromatic nitrogens is 5. The van der Waals surface area contributed by atoms with Crippen molar-refractivity contribution < 1.29 is 86.1 Å². The summed E-state index contributed by atoms with van der Waals surface area (Å²) in [7, 11) is 0. The maximum Gasteiger partial charge on any atom is 0.225 e. The zero-order valence-corrected chi connectivity index (χ0v) is 84.2. The second-order valence-electron chi connectivity index (χ2n) is 30.2. The molecule has 0 spiro atoms. The zero-order chi connectivity index (χ0) is 97.9. The number of fused-ring (bicyclic) bond motifs is 9. The van der Waals surface area contributed by atoms with Gasteiger partial charge >= 0.3 is 0 Å². The van der Waals surface area contributed by atoms with Crippen molar-refractivity contribution in [1.29, 1.82) is 21.0 Å². The normalized spacial score (nSPS) is 14.6. The van der Waals surface area contributed by atoms with Crippen molar-refractivity contribution in [2.24, 2.45) is 9.98 Å². The zero-order valence-electron chi connectivity index (χ0n) is 77.7. The van der Waals surface area contributed by atoms with Crippen LogP contribution in [0.2, 0.25) is 0 Å². The van der Waals surface area contributed by atoms with Gasteiger partial charge in [0.2, 0.25) is 35.2 Å². The molecule has 0 fully saturated rings. The van der Waals surface area contributed by atoms with Crippen molar-refractivity contribution in [3.05, 3.63) is 623 Å². The van der Waals surface area contributed by atoms with Crippen LogP contribution in [-0.4, -0.2) is 55.8 Å². The van der Waals surface area contributed by atoms with Crippen LogP contribution in [0, 0.1) is 129 Å². The van der Waals surface area contributed by atoms with Crippen LogP contribution in [0.5, 0.6) is 0 Å². The number of rotatable bonds is 9. The van der Waals surface area contributed by atoms with Crippen LogP contribution in [0.1, 0.15) is 75.4 Å². The minimum Gasteiger partial charge on any atom is -0.512 e. The van der Waals surface area contributed by atoms with Crippen LogP contribution in [-0.2, 0) is 59.7 Å². The molecule has 0 amide bonds. The van der Waals surface area contributed by atoms with Gasteiger partial charge in [-0.25, -0.2) is 13.7 Å². The van der Waals surface area contributed by atoms with Gasteiger partial charge in [-0.05, 0) is 135 Å². The first-order valence-electron chi connectivity index (χ1n) is 43.5. The Hall–Kier alpha value is -17.5. The molecule has 0 N–H and O–H groups in total. The van der Waals surface area contributed by atoms with E-state index in [1.807, 2.05) is 247 Å². The van der Waals surface area contributed by atoms with Gasteiger partial charge in [-0.1, -0.05) is 145 Å². The summed E-state index contributed by atoms with van der Waals surface area (Å²) in [6.07, 6.45) is 70.0. The molecule has 696 valence electrons. The van der Waals surface area contributed by atoms with Crippen LogP contribution in [0.15, 0.2) is 448 Å². The summed E-state index contributed by atoms with van der Waals surface area (Å²) in [4.78, 5) is 16.5. The molecule has 0 saturated heterocycles. The predicted octanol–water partition coefficient (Wildman–Crippen LogP) is 21.6. The van der Waals surface area contributed by atoms with E-state index in [0.717, 1.165) is 80.3 Å². The summed E-state index contributed by atoms with van der Waals surface area (Å²) in [6, 6.07) is 96.2. The maximum atomic E-state index is 6.25. The van der Waals surface area contributed by atoms with E-state index >= 15 is 0 Å². The van der Waals surface area contributed by atoms with E-state index in [1.165, 1.54) is 105 Å². The topological polar surface area (TPSA) is 172 Å². The predicted molar refractivity (Wildman–Crippen MR) is 556 cm³/mol. The quantitative estimate of drug-likeness (QED) is 0.0602. The summed E-state index contributed by atoms with van der Waals surface area (Å²) in [5.74, 6) is 0. The number of hydrogen-bond donors (Lipinski definition) is 0. The second kappa shape index (κ2) is 56.8. The summed E-state index contributed by atoms with van der Waals surface area (Å²) >= 11 is 0. The van der Waals surface area contributed by atoms with Gasteiger partial charge in [0.25, 0.3) is 0 Å². The smallest absolute Gasteiger partial charge is 0.225 e. The average Bonchev–Trinajstić information content (AvgIpc) is 0.749. The van der Waals surface area contributed by atoms with Crippen molar-refractivity contribution >= 4 is 89.4 Å². The molecule has 0 bridgehead atoms. The number of benzene rings is 7. The first kappa shape index (κ1) is 109. The molecule has 6 aliphatic carbocycles. The van der Waals surface area contributed by atoms with Crippen molar-refractivity contribution in [3.8, 4) is 22.5 Å². The summed E-state index contributed by atoms with van der Waals surface area (Å²) in [6.45, 7) is 55.6. The average molecular weight is 2270 g/mol. The largest absolute Gasteiger partial charge is 0.512 e. The van der Waals surface area contributed by atoms with Crippen LogP contribution >= 0.6 is 0 Å². The molecule has 0 atom stereocenters. The molecule has 0 unspecified atom stereocenters. The van der Waals surface area contributed by atoms with Gasteiger partial charge in [-0.2, -0.15) is 12.7 Å². The van der Waals surface area contributed by atoms with Crippen LogP contribution in [0.25, 0.3) is 79.9 Å². The van der Waals surface area contributed by atoms with E-state index in [1.54, 1.807) is 18.6 Å². The third-order valence-electron chi connectivity index (χ3n) is 21.9. The Bertz CT molecular complexity index is 6830. The SMILES string of the molecule is C=C(N=CC)c1[c-]cccc1.C=CN=C(C)c1[c-]cccc1.C=[N+]1C=CC(c2ccccc2)=C2C=Cc3c([n+](=C)ccc3=C3C=CC=C[CH-]3)[C-]21.C=[N+]1C=CC(c2ccccc2)=C2C=Cc3c([n+](=C)ccc3=C3C=CC=C[CH-]3)[C-]21.C=[N+]1C=CC(c2ccccc2)=C2C=Cc3c([n+](=C)ccc3=C3C=CC=C[CH-]3)[C-]21.[C-]#N.[C-]#N.[C-]#N.[C-]#N.[Ir].[Ir].[Ru].[c-]1ccccc1-c1ccccn1.[c-]1ccccc1-c1ccccn1. The molecule has 8 heterocycles. The third kappa shape index (κ3) is 27.7. The number of aliphatic imine (C=N–C) groups is 2. The number of pyridine rings is 5. The number of hydrogen-bond acceptors (Lipinski definition) is 8. The maximum absolute atomic E-state index is 6.25. The van der Waals surface area contributed by atoms with Crippen molar-refractivity contribution in [1.82, 2.24) is 9.97 Å². The molecule has 141 heavy (non-hydrogen) atoms. The van der Waals surface area contributed by atoms with Crippen molar-refractivity contribution in [2.75, 3.05) is 0 Å². The molecule has 2 radical (unpaired) electrons. The van der Waals surface area contributed by atoms with Gasteiger partial charge in [0.05, 0.1) is 20.2 Å². The first-order chi connectivity index (χ1) is 67.8. The van der Waals surface area contributed by atoms with Crippen molar-refractivity contribution in [3.63, 3.8) is 0 Å². The molecule has 12 aromatic rings. The van der Waals surface area contributed by atoms with Gasteiger partial charge in [0.15, 0.2) is 18.6 Å². The number of nitrogens with zero attached hydrogens (tertiary/aromatic N) is 14. The molecule has 7 aromatic carbocycles. The minimum absolute atomic E-state index is 0. The summed E-state index contributed by atoms with van der Waals surface area (Å²) < 4.78 is 11.7. The molecular weight excluding hydrogens is 2170 g/mol. The molecule has 21 rings (SSSR count). The van der Waals surface area contributed by atoms with E-state index in [2.05, 4.69) is 317 Å². The van der Waals surface area contributed by atoms with Crippen molar-refractivity contribution in [2.45, 2.75) is 13.8 Å². The molecular formula is C124H96Ir2N14Ru-8. The molecule has 9 aliphatic rings. The fourth-order valence-electron chi connectivity index (χ4n) is 15.7. The van der Waals surface area contributed by atoms with E-state index in [-0.39, 0.29) is 59.7 Å². The Balaban J connectivity index is 0.000000205. The monoisotopic (exact) mass is 2270 g/mol. The van der Waals surface area contributed by atoms with Crippen LogP contribution < -0.4 is 28.4 Å². The van der Waals surface area contributed by atoms with Gasteiger partial charge in [-0.15, -0.1) is 311 Å². The standard InChI is InChI=1S/3C26H20N2.2C11H8N.2C10H10N.4CN.2Ir.Ru/c3*1-27-17-15-21(19-9-5-3-6-10-19)23-13-14-24-22(20-11-7-4-8-12-20)16-18-28(2)26(24)25(23)27;2*1-2-6-10(7-3-1)11-8-4-5-9-12-11;2*1-3-11-9(2)10-7-5-4-6-8-10;4*1-2;;;/h3*3-18H,1-2H2;2*1-6,8-9H;3-7H,2H2,1H3;3-7H,1H2,2H3;;;;;;;/q;;;8*-1;;;. The molecule has 5 aromatic heterocycles. The van der Waals surface area contributed by atoms with Gasteiger partial charge in [0, 0.05) is 78.3 Å². The first-order valence-corrected chi connectivity index (χ1v) is 43.5. The third-order valence-corrected chi connectivity index (χ3v) is 21.9. The van der Waals surface area contributed by atoms with E-state index in [0.29, 0.717) is 0 Å². The van der Waals surface area contributed by atoms with Crippen LogP contribution in [0.3, 0.4) is 0 Å². The Morgan fingerprint density at radius 2 is 0.688 bits per heavy atom. The van der Waals surface area contributed by atoms with Gasteiger partial charge in [0.1, 0.15) is 38.8 Å². The van der Waals surface area contributed by atoms with E-state index in [9.17, 15) is 0 Å². The Kier molecular flexibility index (Phi) is 43.8. The van der Waals surface area contributed by atoms with E-state index < -0.39 is 0 Å². The Morgan fingerprint density at radius 3 is 0.965 bits per heavy atom. The molecule has 14 nitrogen and oxygen atoms in total. The Labute approximate surface area is 868 Å². The van der Waals surface area contributed by atoms with Gasteiger partial charge in [-0.3, -0.25) is 0 Å². The second-order valence-corrected chi connectivity index (χ2v) is 30.2. The van der Waals surface area contributed by atoms with Gasteiger partial charge < -0.3 is 67.3 Å². The number of allylic oxidation sites excluding steroid dienone is 18. The van der Waals surface area contributed by atoms with Crippen LogP contribution in [0.4, 0.5) is 0 Å².